The summed E-state index contributed by atoms with van der Waals surface area (Å²) in [4.78, 5) is 2.08. The number of anilines is 1. The lowest BCUT2D eigenvalue weighted by Crippen LogP contribution is -2.22. The van der Waals surface area contributed by atoms with E-state index < -0.39 is 11.7 Å². The van der Waals surface area contributed by atoms with Gasteiger partial charge in [0.25, 0.3) is 0 Å². The van der Waals surface area contributed by atoms with Crippen LogP contribution in [-0.4, -0.2) is 13.1 Å². The molecule has 1 saturated heterocycles. The van der Waals surface area contributed by atoms with Gasteiger partial charge >= 0.3 is 6.18 Å². The van der Waals surface area contributed by atoms with E-state index in [1.54, 1.807) is 0 Å². The van der Waals surface area contributed by atoms with Crippen LogP contribution in [0.15, 0.2) is 18.2 Å². The molecule has 0 spiro atoms. The Morgan fingerprint density at radius 2 is 1.80 bits per heavy atom. The molecule has 106 valence electrons. The van der Waals surface area contributed by atoms with Crippen molar-refractivity contribution in [2.45, 2.75) is 25.4 Å². The molecule has 2 atom stereocenters. The topological polar surface area (TPSA) is 27.0 Å². The first-order valence-electron chi connectivity index (χ1n) is 6.85. The summed E-state index contributed by atoms with van der Waals surface area (Å²) in [5.74, 6) is 1.28. The predicted molar refractivity (Wildman–Crippen MR) is 69.2 cm³/mol. The standard InChI is InChI=1S/C15H15F3N2/c16-15(17,18)13-4-5-14(12(6-13)7-19)20-8-10-2-1-3-11(10)9-20/h4-6,10-11H,1-3,8-9H2. The molecule has 2 unspecified atom stereocenters. The zero-order valence-corrected chi connectivity index (χ0v) is 11.0. The van der Waals surface area contributed by atoms with E-state index in [1.807, 2.05) is 6.07 Å². The summed E-state index contributed by atoms with van der Waals surface area (Å²) >= 11 is 0. The highest BCUT2D eigenvalue weighted by Crippen LogP contribution is 2.41. The Hall–Kier alpha value is -1.70. The van der Waals surface area contributed by atoms with Crippen LogP contribution < -0.4 is 4.90 Å². The third-order valence-corrected chi connectivity index (χ3v) is 4.51. The summed E-state index contributed by atoms with van der Waals surface area (Å²) in [5.41, 5.74) is 0.0203. The Kier molecular flexibility index (Phi) is 3.12. The number of hydrogen-bond donors (Lipinski definition) is 0. The van der Waals surface area contributed by atoms with Gasteiger partial charge in [0.15, 0.2) is 0 Å². The van der Waals surface area contributed by atoms with Crippen molar-refractivity contribution in [3.8, 4) is 6.07 Å². The molecule has 0 aromatic heterocycles. The minimum absolute atomic E-state index is 0.125. The molecule has 1 saturated carbocycles. The number of nitriles is 1. The molecule has 20 heavy (non-hydrogen) atoms. The molecule has 2 aliphatic rings. The van der Waals surface area contributed by atoms with Crippen LogP contribution in [0.5, 0.6) is 0 Å². The third-order valence-electron chi connectivity index (χ3n) is 4.51. The van der Waals surface area contributed by atoms with Crippen LogP contribution in [0.1, 0.15) is 30.4 Å². The molecule has 5 heteroatoms. The SMILES string of the molecule is N#Cc1cc(C(F)(F)F)ccc1N1CC2CCCC2C1. The minimum atomic E-state index is -4.40. The maximum atomic E-state index is 12.7. The van der Waals surface area contributed by atoms with Crippen molar-refractivity contribution in [3.05, 3.63) is 29.3 Å². The van der Waals surface area contributed by atoms with Gasteiger partial charge in [0.1, 0.15) is 6.07 Å². The zero-order chi connectivity index (χ0) is 14.3. The molecular weight excluding hydrogens is 265 g/mol. The Morgan fingerprint density at radius 3 is 2.35 bits per heavy atom. The Morgan fingerprint density at radius 1 is 1.15 bits per heavy atom. The molecule has 3 rings (SSSR count). The number of benzene rings is 1. The van der Waals surface area contributed by atoms with Crippen LogP contribution in [0.2, 0.25) is 0 Å². The van der Waals surface area contributed by atoms with Gasteiger partial charge in [0.05, 0.1) is 16.8 Å². The van der Waals surface area contributed by atoms with Crippen LogP contribution in [0, 0.1) is 23.2 Å². The average molecular weight is 280 g/mol. The smallest absolute Gasteiger partial charge is 0.370 e. The highest BCUT2D eigenvalue weighted by molar-refractivity contribution is 5.61. The zero-order valence-electron chi connectivity index (χ0n) is 11.0. The second-order valence-corrected chi connectivity index (χ2v) is 5.70. The number of hydrogen-bond acceptors (Lipinski definition) is 2. The maximum Gasteiger partial charge on any atom is 0.416 e. The predicted octanol–water partition coefficient (Wildman–Crippen LogP) is 3.81. The van der Waals surface area contributed by atoms with Crippen LogP contribution >= 0.6 is 0 Å². The van der Waals surface area contributed by atoms with Gasteiger partial charge in [-0.15, -0.1) is 0 Å². The molecule has 1 aliphatic heterocycles. The van der Waals surface area contributed by atoms with E-state index in [0.29, 0.717) is 17.5 Å². The third kappa shape index (κ3) is 2.24. The fraction of sp³-hybridized carbons (Fsp3) is 0.533. The number of alkyl halides is 3. The second-order valence-electron chi connectivity index (χ2n) is 5.70. The van der Waals surface area contributed by atoms with E-state index >= 15 is 0 Å². The first kappa shape index (κ1) is 13.3. The van der Waals surface area contributed by atoms with E-state index in [4.69, 9.17) is 5.26 Å². The second kappa shape index (κ2) is 4.69. The first-order valence-corrected chi connectivity index (χ1v) is 6.85. The number of nitrogens with zero attached hydrogens (tertiary/aromatic N) is 2. The van der Waals surface area contributed by atoms with E-state index in [2.05, 4.69) is 4.90 Å². The minimum Gasteiger partial charge on any atom is -0.370 e. The van der Waals surface area contributed by atoms with Gasteiger partial charge in [0.2, 0.25) is 0 Å². The molecule has 0 N–H and O–H groups in total. The fourth-order valence-corrected chi connectivity index (χ4v) is 3.51. The average Bonchev–Trinajstić information content (AvgIpc) is 2.97. The van der Waals surface area contributed by atoms with Gasteiger partial charge in [-0.2, -0.15) is 18.4 Å². The van der Waals surface area contributed by atoms with Crippen LogP contribution in [0.4, 0.5) is 18.9 Å². The molecule has 0 amide bonds. The molecule has 1 aliphatic carbocycles. The quantitative estimate of drug-likeness (QED) is 0.782. The largest absolute Gasteiger partial charge is 0.416 e. The van der Waals surface area contributed by atoms with Crippen LogP contribution in [0.3, 0.4) is 0 Å². The van der Waals surface area contributed by atoms with Crippen LogP contribution in [-0.2, 0) is 6.18 Å². The van der Waals surface area contributed by atoms with Gasteiger partial charge in [-0.3, -0.25) is 0 Å². The summed E-state index contributed by atoms with van der Waals surface area (Å²) in [6, 6.07) is 5.39. The van der Waals surface area contributed by atoms with Crippen molar-refractivity contribution in [1.82, 2.24) is 0 Å². The van der Waals surface area contributed by atoms with Crippen molar-refractivity contribution in [2.24, 2.45) is 11.8 Å². The Labute approximate surface area is 115 Å². The Bertz CT molecular complexity index is 547. The van der Waals surface area contributed by atoms with Crippen molar-refractivity contribution in [3.63, 3.8) is 0 Å². The van der Waals surface area contributed by atoms with Crippen molar-refractivity contribution < 1.29 is 13.2 Å². The summed E-state index contributed by atoms with van der Waals surface area (Å²) in [6.45, 7) is 1.73. The lowest BCUT2D eigenvalue weighted by atomic mass is 10.0. The molecular formula is C15H15F3N2. The van der Waals surface area contributed by atoms with Gasteiger partial charge in [-0.1, -0.05) is 6.42 Å². The number of fused-ring (bicyclic) bond motifs is 1. The van der Waals surface area contributed by atoms with Crippen molar-refractivity contribution in [1.29, 1.82) is 5.26 Å². The van der Waals surface area contributed by atoms with E-state index in [9.17, 15) is 13.2 Å². The Balaban J connectivity index is 1.89. The summed E-state index contributed by atoms with van der Waals surface area (Å²) in [7, 11) is 0. The lowest BCUT2D eigenvalue weighted by molar-refractivity contribution is -0.137. The fourth-order valence-electron chi connectivity index (χ4n) is 3.51. The normalized spacial score (nSPS) is 25.6. The van der Waals surface area contributed by atoms with Gasteiger partial charge < -0.3 is 4.90 Å². The van der Waals surface area contributed by atoms with Crippen molar-refractivity contribution in [2.75, 3.05) is 18.0 Å². The molecule has 2 nitrogen and oxygen atoms in total. The molecule has 1 aromatic rings. The summed E-state index contributed by atoms with van der Waals surface area (Å²) in [6.07, 6.45) is -0.750. The monoisotopic (exact) mass is 280 g/mol. The first-order chi connectivity index (χ1) is 9.49. The van der Waals surface area contributed by atoms with E-state index in [-0.39, 0.29) is 5.56 Å². The summed E-state index contributed by atoms with van der Waals surface area (Å²) < 4.78 is 38.0. The number of halogens is 3. The molecule has 2 fully saturated rings. The highest BCUT2D eigenvalue weighted by Gasteiger charge is 2.37. The van der Waals surface area contributed by atoms with E-state index in [1.165, 1.54) is 25.3 Å². The van der Waals surface area contributed by atoms with Gasteiger partial charge in [-0.05, 0) is 42.9 Å². The van der Waals surface area contributed by atoms with E-state index in [0.717, 1.165) is 25.2 Å². The lowest BCUT2D eigenvalue weighted by Gasteiger charge is -2.21. The molecule has 0 bridgehead atoms. The van der Waals surface area contributed by atoms with Crippen molar-refractivity contribution >= 4 is 5.69 Å². The molecule has 1 aromatic carbocycles. The summed E-state index contributed by atoms with van der Waals surface area (Å²) in [5, 5.41) is 9.13. The van der Waals surface area contributed by atoms with Crippen LogP contribution in [0.25, 0.3) is 0 Å². The maximum absolute atomic E-state index is 12.7. The van der Waals surface area contributed by atoms with Gasteiger partial charge in [0, 0.05) is 13.1 Å². The molecule has 0 radical (unpaired) electrons. The van der Waals surface area contributed by atoms with Gasteiger partial charge in [-0.25, -0.2) is 0 Å². The number of rotatable bonds is 1. The molecule has 1 heterocycles. The highest BCUT2D eigenvalue weighted by atomic mass is 19.4.